The maximum Gasteiger partial charge on any atom is 0.251 e. The van der Waals surface area contributed by atoms with Crippen molar-refractivity contribution in [1.29, 1.82) is 0 Å². The number of aromatic nitrogens is 1. The Morgan fingerprint density at radius 2 is 1.92 bits per heavy atom. The van der Waals surface area contributed by atoms with E-state index in [0.29, 0.717) is 12.1 Å². The molecule has 1 fully saturated rings. The van der Waals surface area contributed by atoms with Crippen molar-refractivity contribution in [2.45, 2.75) is 31.8 Å². The molecule has 1 aliphatic carbocycles. The fourth-order valence-corrected chi connectivity index (χ4v) is 3.36. The summed E-state index contributed by atoms with van der Waals surface area (Å²) in [5.74, 6) is 0.340. The molecule has 136 valence electrons. The average molecular weight is 353 g/mol. The number of hydrogen-bond donors (Lipinski definition) is 2. The molecular formula is C20H23N3O3. The maximum absolute atomic E-state index is 12.6. The number of pyridine rings is 1. The number of carbonyl (C=O) groups is 2. The second-order valence-corrected chi connectivity index (χ2v) is 6.38. The first-order valence-electron chi connectivity index (χ1n) is 8.79. The molecular weight excluding hydrogens is 330 g/mol. The quantitative estimate of drug-likeness (QED) is 0.835. The molecule has 3 rings (SSSR count). The lowest BCUT2D eigenvalue weighted by atomic mass is 10.0. The Labute approximate surface area is 153 Å². The van der Waals surface area contributed by atoms with Gasteiger partial charge in [-0.3, -0.25) is 14.6 Å². The van der Waals surface area contributed by atoms with Crippen LogP contribution in [-0.2, 0) is 11.3 Å². The Morgan fingerprint density at radius 1 is 1.15 bits per heavy atom. The van der Waals surface area contributed by atoms with Gasteiger partial charge in [0.2, 0.25) is 5.91 Å². The molecule has 0 spiro atoms. The van der Waals surface area contributed by atoms with E-state index >= 15 is 0 Å². The van der Waals surface area contributed by atoms with Gasteiger partial charge in [0, 0.05) is 36.1 Å². The predicted octanol–water partition coefficient (Wildman–Crippen LogP) is 2.31. The third-order valence-electron chi connectivity index (χ3n) is 4.76. The van der Waals surface area contributed by atoms with Crippen molar-refractivity contribution in [2.75, 3.05) is 7.11 Å². The molecule has 0 aliphatic heterocycles. The molecule has 1 saturated carbocycles. The van der Waals surface area contributed by atoms with E-state index in [-0.39, 0.29) is 23.8 Å². The average Bonchev–Trinajstić information content (AvgIpc) is 3.15. The monoisotopic (exact) mass is 353 g/mol. The largest absolute Gasteiger partial charge is 0.496 e. The predicted molar refractivity (Wildman–Crippen MR) is 97.7 cm³/mol. The second-order valence-electron chi connectivity index (χ2n) is 6.38. The van der Waals surface area contributed by atoms with Crippen molar-refractivity contribution < 1.29 is 14.3 Å². The third kappa shape index (κ3) is 4.20. The number of hydrogen-bond acceptors (Lipinski definition) is 4. The summed E-state index contributed by atoms with van der Waals surface area (Å²) in [5, 5.41) is 5.97. The first-order chi connectivity index (χ1) is 12.7. The number of rotatable bonds is 6. The molecule has 0 saturated heterocycles. The highest BCUT2D eigenvalue weighted by Gasteiger charge is 2.34. The van der Waals surface area contributed by atoms with Crippen LogP contribution in [0, 0.1) is 5.92 Å². The summed E-state index contributed by atoms with van der Waals surface area (Å²) in [6, 6.07) is 10.8. The molecule has 26 heavy (non-hydrogen) atoms. The minimum atomic E-state index is -0.213. The lowest BCUT2D eigenvalue weighted by Crippen LogP contribution is -2.43. The van der Waals surface area contributed by atoms with Gasteiger partial charge in [0.1, 0.15) is 5.75 Å². The number of methoxy groups -OCH3 is 1. The molecule has 1 aromatic carbocycles. The molecule has 2 amide bonds. The second kappa shape index (κ2) is 8.47. The Morgan fingerprint density at radius 3 is 2.69 bits per heavy atom. The minimum Gasteiger partial charge on any atom is -0.496 e. The number of nitrogens with zero attached hydrogens (tertiary/aromatic N) is 1. The van der Waals surface area contributed by atoms with Gasteiger partial charge >= 0.3 is 0 Å². The SMILES string of the molecule is COc1ccccc1CNC(=O)[C@H]1CCC[C@H]1NC(=O)c1ccncc1. The van der Waals surface area contributed by atoms with Crippen LogP contribution in [0.3, 0.4) is 0 Å². The first-order valence-corrected chi connectivity index (χ1v) is 8.79. The number of para-hydroxylation sites is 1. The van der Waals surface area contributed by atoms with E-state index in [2.05, 4.69) is 15.6 Å². The lowest BCUT2D eigenvalue weighted by Gasteiger charge is -2.21. The summed E-state index contributed by atoms with van der Waals surface area (Å²) in [5.41, 5.74) is 1.48. The fourth-order valence-electron chi connectivity index (χ4n) is 3.36. The summed E-state index contributed by atoms with van der Waals surface area (Å²) < 4.78 is 5.31. The van der Waals surface area contributed by atoms with E-state index in [1.54, 1.807) is 31.6 Å². The normalized spacial score (nSPS) is 19.0. The van der Waals surface area contributed by atoms with E-state index < -0.39 is 0 Å². The van der Waals surface area contributed by atoms with Crippen molar-refractivity contribution in [3.63, 3.8) is 0 Å². The summed E-state index contributed by atoms with van der Waals surface area (Å²) in [7, 11) is 1.61. The van der Waals surface area contributed by atoms with Crippen molar-refractivity contribution in [3.8, 4) is 5.75 Å². The molecule has 2 aromatic rings. The molecule has 2 N–H and O–H groups in total. The zero-order chi connectivity index (χ0) is 18.4. The van der Waals surface area contributed by atoms with Gasteiger partial charge in [-0.25, -0.2) is 0 Å². The number of carbonyl (C=O) groups excluding carboxylic acids is 2. The Bertz CT molecular complexity index is 764. The van der Waals surface area contributed by atoms with Gasteiger partial charge in [-0.2, -0.15) is 0 Å². The van der Waals surface area contributed by atoms with Crippen molar-refractivity contribution >= 4 is 11.8 Å². The van der Waals surface area contributed by atoms with Crippen LogP contribution in [0.5, 0.6) is 5.75 Å². The highest BCUT2D eigenvalue weighted by Crippen LogP contribution is 2.26. The van der Waals surface area contributed by atoms with Crippen LogP contribution >= 0.6 is 0 Å². The molecule has 0 radical (unpaired) electrons. The van der Waals surface area contributed by atoms with Crippen LogP contribution in [0.2, 0.25) is 0 Å². The highest BCUT2D eigenvalue weighted by atomic mass is 16.5. The Balaban J connectivity index is 1.59. The van der Waals surface area contributed by atoms with Crippen LogP contribution in [0.4, 0.5) is 0 Å². The van der Waals surface area contributed by atoms with Crippen LogP contribution in [-0.4, -0.2) is 29.9 Å². The van der Waals surface area contributed by atoms with E-state index in [4.69, 9.17) is 4.74 Å². The van der Waals surface area contributed by atoms with Gasteiger partial charge in [0.15, 0.2) is 0 Å². The van der Waals surface area contributed by atoms with Gasteiger partial charge in [0.25, 0.3) is 5.91 Å². The maximum atomic E-state index is 12.6. The van der Waals surface area contributed by atoms with Gasteiger partial charge in [-0.05, 0) is 31.0 Å². The minimum absolute atomic E-state index is 0.0339. The van der Waals surface area contributed by atoms with Crippen molar-refractivity contribution in [2.24, 2.45) is 5.92 Å². The molecule has 0 bridgehead atoms. The van der Waals surface area contributed by atoms with Gasteiger partial charge < -0.3 is 15.4 Å². The van der Waals surface area contributed by atoms with E-state index in [1.807, 2.05) is 24.3 Å². The Hall–Kier alpha value is -2.89. The molecule has 0 unspecified atom stereocenters. The number of ether oxygens (including phenoxy) is 1. The Kier molecular flexibility index (Phi) is 5.84. The smallest absolute Gasteiger partial charge is 0.251 e. The van der Waals surface area contributed by atoms with Crippen molar-refractivity contribution in [1.82, 2.24) is 15.6 Å². The molecule has 1 aliphatic rings. The van der Waals surface area contributed by atoms with Crippen LogP contribution in [0.15, 0.2) is 48.8 Å². The first kappa shape index (κ1) is 17.9. The lowest BCUT2D eigenvalue weighted by molar-refractivity contribution is -0.125. The number of nitrogens with one attached hydrogen (secondary N) is 2. The van der Waals surface area contributed by atoms with Gasteiger partial charge in [0.05, 0.1) is 13.0 Å². The highest BCUT2D eigenvalue weighted by molar-refractivity contribution is 5.94. The summed E-state index contributed by atoms with van der Waals surface area (Å²) in [6.45, 7) is 0.407. The van der Waals surface area contributed by atoms with Crippen molar-refractivity contribution in [3.05, 3.63) is 59.9 Å². The summed E-state index contributed by atoms with van der Waals surface area (Å²) >= 11 is 0. The molecule has 6 heteroatoms. The van der Waals surface area contributed by atoms with Crippen LogP contribution in [0.1, 0.15) is 35.2 Å². The van der Waals surface area contributed by atoms with Crippen LogP contribution < -0.4 is 15.4 Å². The molecule has 6 nitrogen and oxygen atoms in total. The zero-order valence-corrected chi connectivity index (χ0v) is 14.8. The zero-order valence-electron chi connectivity index (χ0n) is 14.8. The molecule has 1 heterocycles. The van der Waals surface area contributed by atoms with E-state index in [9.17, 15) is 9.59 Å². The van der Waals surface area contributed by atoms with Gasteiger partial charge in [-0.1, -0.05) is 24.6 Å². The van der Waals surface area contributed by atoms with E-state index in [1.165, 1.54) is 0 Å². The van der Waals surface area contributed by atoms with E-state index in [0.717, 1.165) is 30.6 Å². The third-order valence-corrected chi connectivity index (χ3v) is 4.76. The summed E-state index contributed by atoms with van der Waals surface area (Å²) in [6.07, 6.45) is 5.68. The number of benzene rings is 1. The van der Waals surface area contributed by atoms with Gasteiger partial charge in [-0.15, -0.1) is 0 Å². The topological polar surface area (TPSA) is 80.3 Å². The molecule has 1 aromatic heterocycles. The fraction of sp³-hybridized carbons (Fsp3) is 0.350. The summed E-state index contributed by atoms with van der Waals surface area (Å²) in [4.78, 5) is 28.9. The molecule has 2 atom stereocenters. The van der Waals surface area contributed by atoms with Crippen LogP contribution in [0.25, 0.3) is 0 Å². The standard InChI is InChI=1S/C20H23N3O3/c1-26-18-8-3-2-5-15(18)13-22-20(25)16-6-4-7-17(16)23-19(24)14-9-11-21-12-10-14/h2-3,5,8-12,16-17H,4,6-7,13H2,1H3,(H,22,25)(H,23,24)/t16-,17+/m0/s1. The number of amides is 2.